The van der Waals surface area contributed by atoms with Gasteiger partial charge in [0.2, 0.25) is 0 Å². The topological polar surface area (TPSA) is 101 Å². The van der Waals surface area contributed by atoms with E-state index < -0.39 is 40.3 Å². The summed E-state index contributed by atoms with van der Waals surface area (Å²) in [5.41, 5.74) is -0.790. The van der Waals surface area contributed by atoms with E-state index in [1.165, 1.54) is 6.92 Å². The molecule has 0 aromatic carbocycles. The van der Waals surface area contributed by atoms with Gasteiger partial charge in [0.25, 0.3) is 0 Å². The molecule has 0 aliphatic heterocycles. The molecule has 0 aliphatic rings. The fourth-order valence-electron chi connectivity index (χ4n) is 1.32. The molecule has 1 heterocycles. The highest BCUT2D eigenvalue weighted by molar-refractivity contribution is 5.95. The molecule has 21 heavy (non-hydrogen) atoms. The van der Waals surface area contributed by atoms with E-state index in [9.17, 15) is 28.1 Å². The molecule has 0 radical (unpaired) electrons. The van der Waals surface area contributed by atoms with Crippen LogP contribution in [0.5, 0.6) is 11.6 Å². The molecule has 11 heteroatoms. The van der Waals surface area contributed by atoms with E-state index in [2.05, 4.69) is 19.2 Å². The molecule has 116 valence electrons. The van der Waals surface area contributed by atoms with Crippen LogP contribution in [0.15, 0.2) is 6.07 Å². The number of aromatic nitrogens is 1. The van der Waals surface area contributed by atoms with Crippen molar-refractivity contribution in [2.24, 2.45) is 0 Å². The molecule has 0 bridgehead atoms. The molecule has 0 saturated carbocycles. The zero-order chi connectivity index (χ0) is 16.2. The normalized spacial score (nSPS) is 10.9. The van der Waals surface area contributed by atoms with Crippen LogP contribution < -0.4 is 9.47 Å². The van der Waals surface area contributed by atoms with Crippen LogP contribution in [0, 0.1) is 10.1 Å². The summed E-state index contributed by atoms with van der Waals surface area (Å²) in [6.45, 7) is 1.29. The standard InChI is InChI=1S/C10H9F3N2O6/c1-3-20-9(16)7-5(21-10(11,12)13)4-6(15(17)18)14-8(7)19-2/h4H,3H2,1-2H3. The molecule has 8 nitrogen and oxygen atoms in total. The third kappa shape index (κ3) is 4.19. The molecule has 0 saturated heterocycles. The maximum Gasteiger partial charge on any atom is 0.573 e. The Morgan fingerprint density at radius 3 is 2.52 bits per heavy atom. The van der Waals surface area contributed by atoms with Crippen LogP contribution in [0.1, 0.15) is 17.3 Å². The maximum atomic E-state index is 12.3. The number of esters is 1. The smallest absolute Gasteiger partial charge is 0.462 e. The van der Waals surface area contributed by atoms with Crippen LogP contribution in [0.2, 0.25) is 0 Å². The van der Waals surface area contributed by atoms with Crippen LogP contribution in [-0.4, -0.2) is 36.0 Å². The van der Waals surface area contributed by atoms with Gasteiger partial charge in [0.05, 0.1) is 19.8 Å². The Hall–Kier alpha value is -2.59. The first kappa shape index (κ1) is 16.5. The first-order valence-electron chi connectivity index (χ1n) is 5.35. The van der Waals surface area contributed by atoms with E-state index in [1.807, 2.05) is 0 Å². The molecule has 0 spiro atoms. The quantitative estimate of drug-likeness (QED) is 0.466. The summed E-state index contributed by atoms with van der Waals surface area (Å²) >= 11 is 0. The summed E-state index contributed by atoms with van der Waals surface area (Å²) in [7, 11) is 0.978. The lowest BCUT2D eigenvalue weighted by Gasteiger charge is -2.12. The van der Waals surface area contributed by atoms with Crippen molar-refractivity contribution in [1.82, 2.24) is 4.98 Å². The van der Waals surface area contributed by atoms with Gasteiger partial charge in [-0.05, 0) is 11.8 Å². The average Bonchev–Trinajstić information content (AvgIpc) is 2.35. The van der Waals surface area contributed by atoms with E-state index in [0.717, 1.165) is 7.11 Å². The Bertz CT molecular complexity index is 560. The monoisotopic (exact) mass is 310 g/mol. The van der Waals surface area contributed by atoms with E-state index in [4.69, 9.17) is 0 Å². The van der Waals surface area contributed by atoms with Gasteiger partial charge >= 0.3 is 24.0 Å². The van der Waals surface area contributed by atoms with Crippen molar-refractivity contribution in [3.05, 3.63) is 21.7 Å². The number of rotatable bonds is 5. The van der Waals surface area contributed by atoms with Crippen LogP contribution in [0.3, 0.4) is 0 Å². The van der Waals surface area contributed by atoms with Crippen molar-refractivity contribution in [2.75, 3.05) is 13.7 Å². The van der Waals surface area contributed by atoms with E-state index in [1.54, 1.807) is 0 Å². The molecular formula is C10H9F3N2O6. The van der Waals surface area contributed by atoms with Crippen molar-refractivity contribution >= 4 is 11.8 Å². The number of methoxy groups -OCH3 is 1. The Morgan fingerprint density at radius 1 is 1.48 bits per heavy atom. The molecular weight excluding hydrogens is 301 g/mol. The number of hydrogen-bond donors (Lipinski definition) is 0. The minimum atomic E-state index is -5.17. The first-order chi connectivity index (χ1) is 9.69. The second-order valence-corrected chi connectivity index (χ2v) is 3.39. The highest BCUT2D eigenvalue weighted by Crippen LogP contribution is 2.34. The van der Waals surface area contributed by atoms with E-state index in [0.29, 0.717) is 6.07 Å². The molecule has 0 fully saturated rings. The fourth-order valence-corrected chi connectivity index (χ4v) is 1.32. The zero-order valence-electron chi connectivity index (χ0n) is 10.8. The number of carbonyl (C=O) groups is 1. The molecule has 0 N–H and O–H groups in total. The molecule has 0 atom stereocenters. The fraction of sp³-hybridized carbons (Fsp3) is 0.400. The lowest BCUT2D eigenvalue weighted by atomic mass is 10.2. The van der Waals surface area contributed by atoms with Gasteiger partial charge in [0, 0.05) is 4.98 Å². The number of halogens is 3. The number of carbonyl (C=O) groups excluding carboxylic acids is 1. The van der Waals surface area contributed by atoms with E-state index in [-0.39, 0.29) is 6.61 Å². The van der Waals surface area contributed by atoms with Crippen molar-refractivity contribution in [3.8, 4) is 11.6 Å². The van der Waals surface area contributed by atoms with Gasteiger partial charge in [0.15, 0.2) is 11.3 Å². The summed E-state index contributed by atoms with van der Waals surface area (Å²) in [5, 5.41) is 10.6. The van der Waals surface area contributed by atoms with Gasteiger partial charge in [-0.1, -0.05) is 0 Å². The zero-order valence-corrected chi connectivity index (χ0v) is 10.8. The summed E-state index contributed by atoms with van der Waals surface area (Å²) in [6, 6.07) is 0.363. The highest BCUT2D eigenvalue weighted by Gasteiger charge is 2.37. The Balaban J connectivity index is 3.48. The Kier molecular flexibility index (Phi) is 4.89. The summed E-state index contributed by atoms with van der Waals surface area (Å²) in [6.07, 6.45) is -5.17. The third-order valence-corrected chi connectivity index (χ3v) is 2.02. The molecule has 1 aromatic heterocycles. The average molecular weight is 310 g/mol. The predicted molar refractivity (Wildman–Crippen MR) is 60.1 cm³/mol. The second-order valence-electron chi connectivity index (χ2n) is 3.39. The lowest BCUT2D eigenvalue weighted by molar-refractivity contribution is -0.389. The minimum Gasteiger partial charge on any atom is -0.462 e. The van der Waals surface area contributed by atoms with Gasteiger partial charge in [-0.25, -0.2) is 4.79 Å². The number of ether oxygens (including phenoxy) is 3. The summed E-state index contributed by atoms with van der Waals surface area (Å²) < 4.78 is 49.8. The van der Waals surface area contributed by atoms with Crippen molar-refractivity contribution in [2.45, 2.75) is 13.3 Å². The Morgan fingerprint density at radius 2 is 2.10 bits per heavy atom. The SMILES string of the molecule is CCOC(=O)c1c(OC(F)(F)F)cc([N+](=O)[O-])nc1OC. The van der Waals surface area contributed by atoms with Crippen LogP contribution in [0.25, 0.3) is 0 Å². The largest absolute Gasteiger partial charge is 0.573 e. The van der Waals surface area contributed by atoms with Gasteiger partial charge in [-0.15, -0.1) is 13.2 Å². The third-order valence-electron chi connectivity index (χ3n) is 2.02. The van der Waals surface area contributed by atoms with Crippen molar-refractivity contribution < 1.29 is 37.1 Å². The van der Waals surface area contributed by atoms with Crippen LogP contribution in [-0.2, 0) is 4.74 Å². The summed E-state index contributed by atoms with van der Waals surface area (Å²) in [4.78, 5) is 24.5. The van der Waals surface area contributed by atoms with Crippen molar-refractivity contribution in [1.29, 1.82) is 0 Å². The van der Waals surface area contributed by atoms with Gasteiger partial charge in [0.1, 0.15) is 0 Å². The van der Waals surface area contributed by atoms with Gasteiger partial charge < -0.3 is 24.3 Å². The molecule has 0 aliphatic carbocycles. The second kappa shape index (κ2) is 6.24. The first-order valence-corrected chi connectivity index (χ1v) is 5.35. The van der Waals surface area contributed by atoms with E-state index >= 15 is 0 Å². The molecule has 0 amide bonds. The maximum absolute atomic E-state index is 12.3. The van der Waals surface area contributed by atoms with Crippen molar-refractivity contribution in [3.63, 3.8) is 0 Å². The number of pyridine rings is 1. The van der Waals surface area contributed by atoms with Crippen LogP contribution in [0.4, 0.5) is 19.0 Å². The van der Waals surface area contributed by atoms with Gasteiger partial charge in [-0.3, -0.25) is 0 Å². The number of alkyl halides is 3. The van der Waals surface area contributed by atoms with Gasteiger partial charge in [-0.2, -0.15) is 0 Å². The highest BCUT2D eigenvalue weighted by atomic mass is 19.4. The number of nitrogens with zero attached hydrogens (tertiary/aromatic N) is 2. The molecule has 0 unspecified atom stereocenters. The Labute approximate surface area is 115 Å². The minimum absolute atomic E-state index is 0.134. The number of nitro groups is 1. The lowest BCUT2D eigenvalue weighted by Crippen LogP contribution is -2.20. The summed E-state index contributed by atoms with van der Waals surface area (Å²) in [5.74, 6) is -4.02. The predicted octanol–water partition coefficient (Wildman–Crippen LogP) is 2.07. The number of hydrogen-bond acceptors (Lipinski definition) is 7. The van der Waals surface area contributed by atoms with Crippen LogP contribution >= 0.6 is 0 Å². The molecule has 1 rings (SSSR count). The molecule has 1 aromatic rings.